The monoisotopic (exact) mass is 257 g/mol. The molecule has 2 nitrogen and oxygen atoms in total. The van der Waals surface area contributed by atoms with Gasteiger partial charge in [-0.05, 0) is 48.1 Å². The average Bonchev–Trinajstić information content (AvgIpc) is 2.85. The molecule has 3 rings (SSSR count). The first kappa shape index (κ1) is 12.0. The lowest BCUT2D eigenvalue weighted by Gasteiger charge is -2.10. The van der Waals surface area contributed by atoms with Gasteiger partial charge in [0.1, 0.15) is 6.61 Å². The lowest BCUT2D eigenvalue weighted by Crippen LogP contribution is -2.01. The maximum absolute atomic E-state index is 13.6. The van der Waals surface area contributed by atoms with Crippen LogP contribution in [-0.4, -0.2) is 0 Å². The molecule has 3 heteroatoms. The van der Waals surface area contributed by atoms with E-state index in [-0.39, 0.29) is 5.75 Å². The topological polar surface area (TPSA) is 35.2 Å². The predicted molar refractivity (Wildman–Crippen MR) is 73.6 cm³/mol. The molecule has 0 heterocycles. The summed E-state index contributed by atoms with van der Waals surface area (Å²) in [4.78, 5) is 0. The average molecular weight is 257 g/mol. The summed E-state index contributed by atoms with van der Waals surface area (Å²) in [5, 5.41) is 0. The molecular formula is C16H16FNO. The van der Waals surface area contributed by atoms with Crippen molar-refractivity contribution in [1.82, 2.24) is 0 Å². The van der Waals surface area contributed by atoms with Crippen molar-refractivity contribution in [3.8, 4) is 5.75 Å². The minimum Gasteiger partial charge on any atom is -0.484 e. The molecule has 0 bridgehead atoms. The largest absolute Gasteiger partial charge is 0.484 e. The number of hydrogen-bond donors (Lipinski definition) is 1. The second-order valence-corrected chi connectivity index (χ2v) is 4.90. The Kier molecular flexibility index (Phi) is 3.11. The van der Waals surface area contributed by atoms with E-state index in [1.807, 2.05) is 6.07 Å². The van der Waals surface area contributed by atoms with Gasteiger partial charge in [0.2, 0.25) is 0 Å². The number of halogens is 1. The minimum absolute atomic E-state index is 0.142. The fourth-order valence-corrected chi connectivity index (χ4v) is 2.55. The van der Waals surface area contributed by atoms with Crippen LogP contribution in [0.25, 0.3) is 0 Å². The molecule has 0 saturated heterocycles. The first-order valence-electron chi connectivity index (χ1n) is 6.51. The highest BCUT2D eigenvalue weighted by Crippen LogP contribution is 2.27. The number of anilines is 1. The van der Waals surface area contributed by atoms with Gasteiger partial charge >= 0.3 is 0 Å². The van der Waals surface area contributed by atoms with E-state index in [0.717, 1.165) is 18.4 Å². The number of benzene rings is 2. The summed E-state index contributed by atoms with van der Waals surface area (Å²) >= 11 is 0. The Morgan fingerprint density at radius 2 is 1.95 bits per heavy atom. The summed E-state index contributed by atoms with van der Waals surface area (Å²) in [6, 6.07) is 10.9. The fraction of sp³-hybridized carbons (Fsp3) is 0.250. The van der Waals surface area contributed by atoms with Gasteiger partial charge in [0.25, 0.3) is 0 Å². The van der Waals surface area contributed by atoms with Gasteiger partial charge < -0.3 is 10.5 Å². The number of nitrogen functional groups attached to an aromatic ring is 1. The van der Waals surface area contributed by atoms with Crippen LogP contribution in [0.4, 0.5) is 10.1 Å². The summed E-state index contributed by atoms with van der Waals surface area (Å²) < 4.78 is 19.1. The first-order valence-corrected chi connectivity index (χ1v) is 6.51. The van der Waals surface area contributed by atoms with Crippen molar-refractivity contribution >= 4 is 5.69 Å². The van der Waals surface area contributed by atoms with E-state index in [0.29, 0.717) is 12.3 Å². The highest BCUT2D eigenvalue weighted by Gasteiger charge is 2.12. The first-order chi connectivity index (χ1) is 9.24. The summed E-state index contributed by atoms with van der Waals surface area (Å²) in [5.74, 6) is -0.274. The van der Waals surface area contributed by atoms with E-state index in [1.165, 1.54) is 23.6 Å². The Morgan fingerprint density at radius 3 is 2.79 bits per heavy atom. The van der Waals surface area contributed by atoms with E-state index in [2.05, 4.69) is 12.1 Å². The lowest BCUT2D eigenvalue weighted by molar-refractivity contribution is 0.292. The molecule has 0 atom stereocenters. The van der Waals surface area contributed by atoms with E-state index >= 15 is 0 Å². The van der Waals surface area contributed by atoms with Gasteiger partial charge in [-0.1, -0.05) is 24.3 Å². The third kappa shape index (κ3) is 2.41. The smallest absolute Gasteiger partial charge is 0.178 e. The van der Waals surface area contributed by atoms with Crippen molar-refractivity contribution in [2.45, 2.75) is 25.9 Å². The van der Waals surface area contributed by atoms with Crippen molar-refractivity contribution in [3.05, 3.63) is 58.9 Å². The van der Waals surface area contributed by atoms with Crippen LogP contribution >= 0.6 is 0 Å². The van der Waals surface area contributed by atoms with E-state index in [4.69, 9.17) is 10.5 Å². The van der Waals surface area contributed by atoms with Crippen LogP contribution in [0.15, 0.2) is 36.4 Å². The van der Waals surface area contributed by atoms with Crippen molar-refractivity contribution in [1.29, 1.82) is 0 Å². The van der Waals surface area contributed by atoms with Gasteiger partial charge in [-0.25, -0.2) is 4.39 Å². The second-order valence-electron chi connectivity index (χ2n) is 4.90. The zero-order valence-corrected chi connectivity index (χ0v) is 10.7. The molecule has 0 radical (unpaired) electrons. The van der Waals surface area contributed by atoms with Gasteiger partial charge in [-0.3, -0.25) is 0 Å². The van der Waals surface area contributed by atoms with Crippen molar-refractivity contribution < 1.29 is 9.13 Å². The number of nitrogens with two attached hydrogens (primary N) is 1. The second kappa shape index (κ2) is 4.92. The molecule has 0 saturated carbocycles. The Balaban J connectivity index is 1.76. The molecule has 0 amide bonds. The van der Waals surface area contributed by atoms with Crippen LogP contribution in [0.1, 0.15) is 23.1 Å². The number of fused-ring (bicyclic) bond motifs is 1. The van der Waals surface area contributed by atoms with E-state index in [9.17, 15) is 4.39 Å². The quantitative estimate of drug-likeness (QED) is 0.854. The molecule has 1 aliphatic carbocycles. The zero-order chi connectivity index (χ0) is 13.2. The van der Waals surface area contributed by atoms with Crippen molar-refractivity contribution in [3.63, 3.8) is 0 Å². The van der Waals surface area contributed by atoms with Gasteiger partial charge in [0.05, 0.1) is 5.69 Å². The summed E-state index contributed by atoms with van der Waals surface area (Å²) in [7, 11) is 0. The predicted octanol–water partition coefficient (Wildman–Crippen LogP) is 3.48. The molecule has 0 fully saturated rings. The van der Waals surface area contributed by atoms with Crippen LogP contribution in [0.5, 0.6) is 5.75 Å². The maximum atomic E-state index is 13.6. The number of rotatable bonds is 3. The zero-order valence-electron chi connectivity index (χ0n) is 10.7. The van der Waals surface area contributed by atoms with Crippen LogP contribution < -0.4 is 10.5 Å². The maximum Gasteiger partial charge on any atom is 0.178 e. The summed E-state index contributed by atoms with van der Waals surface area (Å²) in [6.07, 6.45) is 3.52. The normalized spacial score (nSPS) is 13.3. The van der Waals surface area contributed by atoms with Gasteiger partial charge in [0, 0.05) is 0 Å². The van der Waals surface area contributed by atoms with Crippen LogP contribution in [0, 0.1) is 5.82 Å². The standard InChI is InChI=1S/C16H16FNO/c17-14-5-2-6-15(18)16(14)19-10-11-7-8-12-3-1-4-13(12)9-11/h2,5-9H,1,3-4,10,18H2. The lowest BCUT2D eigenvalue weighted by atomic mass is 10.1. The minimum atomic E-state index is -0.416. The van der Waals surface area contributed by atoms with Gasteiger partial charge in [0.15, 0.2) is 11.6 Å². The Bertz CT molecular complexity index is 589. The molecule has 2 N–H and O–H groups in total. The highest BCUT2D eigenvalue weighted by atomic mass is 19.1. The summed E-state index contributed by atoms with van der Waals surface area (Å²) in [5.41, 5.74) is 9.92. The van der Waals surface area contributed by atoms with Crippen molar-refractivity contribution in [2.24, 2.45) is 0 Å². The number of hydrogen-bond acceptors (Lipinski definition) is 2. The molecule has 0 spiro atoms. The molecule has 0 aliphatic heterocycles. The van der Waals surface area contributed by atoms with Gasteiger partial charge in [-0.15, -0.1) is 0 Å². The molecule has 19 heavy (non-hydrogen) atoms. The summed E-state index contributed by atoms with van der Waals surface area (Å²) in [6.45, 7) is 0.346. The third-order valence-electron chi connectivity index (χ3n) is 3.54. The number of ether oxygens (including phenoxy) is 1. The van der Waals surface area contributed by atoms with Crippen LogP contribution in [-0.2, 0) is 19.4 Å². The van der Waals surface area contributed by atoms with E-state index < -0.39 is 5.82 Å². The molecule has 2 aromatic carbocycles. The SMILES string of the molecule is Nc1cccc(F)c1OCc1ccc2c(c1)CCC2. The molecule has 2 aromatic rings. The van der Waals surface area contributed by atoms with E-state index in [1.54, 1.807) is 12.1 Å². The number of aryl methyl sites for hydroxylation is 2. The third-order valence-corrected chi connectivity index (χ3v) is 3.54. The molecule has 98 valence electrons. The Labute approximate surface area is 112 Å². The Morgan fingerprint density at radius 1 is 1.11 bits per heavy atom. The van der Waals surface area contributed by atoms with Crippen LogP contribution in [0.2, 0.25) is 0 Å². The highest BCUT2D eigenvalue weighted by molar-refractivity contribution is 5.52. The molecule has 0 aromatic heterocycles. The molecule has 0 unspecified atom stereocenters. The fourth-order valence-electron chi connectivity index (χ4n) is 2.55. The molecular weight excluding hydrogens is 241 g/mol. The van der Waals surface area contributed by atoms with Gasteiger partial charge in [-0.2, -0.15) is 0 Å². The molecule has 1 aliphatic rings. The van der Waals surface area contributed by atoms with Crippen molar-refractivity contribution in [2.75, 3.05) is 5.73 Å². The Hall–Kier alpha value is -2.03. The number of para-hydroxylation sites is 1. The van der Waals surface area contributed by atoms with Crippen LogP contribution in [0.3, 0.4) is 0 Å².